The predicted octanol–water partition coefficient (Wildman–Crippen LogP) is 2.37. The van der Waals surface area contributed by atoms with E-state index in [4.69, 9.17) is 5.73 Å². The highest BCUT2D eigenvalue weighted by atomic mass is 14.6. The average Bonchev–Trinajstić information content (AvgIpc) is 1.85. The monoisotopic (exact) mass is 137 g/mol. The maximum Gasteiger partial charge on any atom is 0.0337 e. The van der Waals surface area contributed by atoms with Crippen molar-refractivity contribution in [2.45, 2.75) is 20.8 Å². The Kier molecular flexibility index (Phi) is 3.55. The zero-order chi connectivity index (χ0) is 8.15. The fraction of sp³-hybridized carbons (Fsp3) is 0.333. The van der Waals surface area contributed by atoms with Gasteiger partial charge >= 0.3 is 0 Å². The van der Waals surface area contributed by atoms with Crippen LogP contribution in [-0.2, 0) is 0 Å². The van der Waals surface area contributed by atoms with Crippen LogP contribution >= 0.6 is 0 Å². The fourth-order valence-corrected chi connectivity index (χ4v) is 0.677. The fourth-order valence-electron chi connectivity index (χ4n) is 0.677. The van der Waals surface area contributed by atoms with Crippen LogP contribution in [0.5, 0.6) is 0 Å². The molecule has 0 aliphatic carbocycles. The van der Waals surface area contributed by atoms with Crippen molar-refractivity contribution in [3.05, 3.63) is 35.6 Å². The molecule has 1 nitrogen and oxygen atoms in total. The molecule has 1 heteroatoms. The summed E-state index contributed by atoms with van der Waals surface area (Å²) in [7, 11) is 0. The minimum Gasteiger partial charge on any atom is -0.399 e. The molecule has 0 unspecified atom stereocenters. The van der Waals surface area contributed by atoms with Gasteiger partial charge in [-0.05, 0) is 32.4 Å². The van der Waals surface area contributed by atoms with E-state index in [1.54, 1.807) is 6.08 Å². The lowest BCUT2D eigenvalue weighted by molar-refractivity contribution is 1.28. The van der Waals surface area contributed by atoms with Crippen molar-refractivity contribution < 1.29 is 0 Å². The van der Waals surface area contributed by atoms with Crippen LogP contribution in [0.4, 0.5) is 0 Å². The summed E-state index contributed by atoms with van der Waals surface area (Å²) >= 11 is 0. The normalized spacial score (nSPS) is 11.9. The third kappa shape index (κ3) is 3.13. The Labute approximate surface area is 62.9 Å². The van der Waals surface area contributed by atoms with E-state index in [-0.39, 0.29) is 0 Å². The summed E-state index contributed by atoms with van der Waals surface area (Å²) in [6.07, 6.45) is 3.70. The second-order valence-corrected chi connectivity index (χ2v) is 2.56. The molecule has 10 heavy (non-hydrogen) atoms. The summed E-state index contributed by atoms with van der Waals surface area (Å²) in [5.41, 5.74) is 8.66. The van der Waals surface area contributed by atoms with Crippen molar-refractivity contribution in [2.24, 2.45) is 5.73 Å². The van der Waals surface area contributed by atoms with Crippen molar-refractivity contribution in [1.29, 1.82) is 0 Å². The second-order valence-electron chi connectivity index (χ2n) is 2.56. The summed E-state index contributed by atoms with van der Waals surface area (Å²) in [5.74, 6) is 0. The summed E-state index contributed by atoms with van der Waals surface area (Å²) in [5, 5.41) is 0. The van der Waals surface area contributed by atoms with Gasteiger partial charge in [0.15, 0.2) is 0 Å². The molecular formula is C9H15N. The minimum absolute atomic E-state index is 0.751. The Morgan fingerprint density at radius 2 is 1.80 bits per heavy atom. The first-order chi connectivity index (χ1) is 4.57. The topological polar surface area (TPSA) is 26.0 Å². The largest absolute Gasteiger partial charge is 0.399 e. The molecule has 2 N–H and O–H groups in total. The van der Waals surface area contributed by atoms with Crippen LogP contribution in [-0.4, -0.2) is 0 Å². The third-order valence-corrected chi connectivity index (χ3v) is 1.18. The van der Waals surface area contributed by atoms with Crippen LogP contribution in [0.3, 0.4) is 0 Å². The van der Waals surface area contributed by atoms with Gasteiger partial charge in [0.2, 0.25) is 0 Å². The van der Waals surface area contributed by atoms with Gasteiger partial charge in [0.1, 0.15) is 0 Å². The van der Waals surface area contributed by atoms with Crippen molar-refractivity contribution in [2.75, 3.05) is 0 Å². The molecule has 0 fully saturated rings. The van der Waals surface area contributed by atoms with Gasteiger partial charge in [-0.3, -0.25) is 0 Å². The summed E-state index contributed by atoms with van der Waals surface area (Å²) in [6.45, 7) is 9.64. The van der Waals surface area contributed by atoms with Crippen LogP contribution < -0.4 is 5.73 Å². The van der Waals surface area contributed by atoms with E-state index in [0.717, 1.165) is 11.3 Å². The van der Waals surface area contributed by atoms with Gasteiger partial charge in [0, 0.05) is 5.70 Å². The van der Waals surface area contributed by atoms with Gasteiger partial charge in [-0.15, -0.1) is 0 Å². The first-order valence-corrected chi connectivity index (χ1v) is 3.31. The van der Waals surface area contributed by atoms with Crippen molar-refractivity contribution >= 4 is 0 Å². The van der Waals surface area contributed by atoms with Gasteiger partial charge in [0.05, 0.1) is 0 Å². The molecule has 0 saturated carbocycles. The Morgan fingerprint density at radius 3 is 2.10 bits per heavy atom. The smallest absolute Gasteiger partial charge is 0.0337 e. The molecule has 0 aliphatic rings. The van der Waals surface area contributed by atoms with Gasteiger partial charge in [-0.1, -0.05) is 18.2 Å². The van der Waals surface area contributed by atoms with Crippen LogP contribution in [0.2, 0.25) is 0 Å². The molecule has 0 atom stereocenters. The van der Waals surface area contributed by atoms with E-state index in [1.807, 2.05) is 26.8 Å². The molecule has 0 aromatic carbocycles. The SMILES string of the molecule is C=C/C(N)=C(/C)C=C(C)C. The molecule has 0 bridgehead atoms. The minimum atomic E-state index is 0.751. The lowest BCUT2D eigenvalue weighted by atomic mass is 10.1. The van der Waals surface area contributed by atoms with Crippen LogP contribution in [0.25, 0.3) is 0 Å². The Bertz CT molecular complexity index is 181. The van der Waals surface area contributed by atoms with Gasteiger partial charge in [-0.2, -0.15) is 0 Å². The highest BCUT2D eigenvalue weighted by Gasteiger charge is 1.87. The highest BCUT2D eigenvalue weighted by Crippen LogP contribution is 2.03. The second kappa shape index (κ2) is 3.94. The maximum absolute atomic E-state index is 5.58. The zero-order valence-corrected chi connectivity index (χ0v) is 6.94. The number of hydrogen-bond acceptors (Lipinski definition) is 1. The van der Waals surface area contributed by atoms with Crippen LogP contribution in [0, 0.1) is 0 Å². The van der Waals surface area contributed by atoms with E-state index in [2.05, 4.69) is 6.58 Å². The van der Waals surface area contributed by atoms with E-state index in [0.29, 0.717) is 0 Å². The van der Waals surface area contributed by atoms with Crippen molar-refractivity contribution in [3.8, 4) is 0 Å². The standard InChI is InChI=1S/C9H15N/c1-5-9(10)8(4)6-7(2)3/h5-6H,1,10H2,2-4H3/b9-8+. The first kappa shape index (κ1) is 9.02. The summed E-state index contributed by atoms with van der Waals surface area (Å²) in [6, 6.07) is 0. The Balaban J connectivity index is 4.48. The molecule has 0 aromatic rings. The van der Waals surface area contributed by atoms with Gasteiger partial charge in [-0.25, -0.2) is 0 Å². The number of rotatable bonds is 2. The van der Waals surface area contributed by atoms with Crippen LogP contribution in [0.1, 0.15) is 20.8 Å². The molecule has 0 aliphatic heterocycles. The summed E-state index contributed by atoms with van der Waals surface area (Å²) < 4.78 is 0. The van der Waals surface area contributed by atoms with E-state index < -0.39 is 0 Å². The molecule has 56 valence electrons. The van der Waals surface area contributed by atoms with E-state index in [1.165, 1.54) is 5.57 Å². The van der Waals surface area contributed by atoms with Gasteiger partial charge < -0.3 is 5.73 Å². The highest BCUT2D eigenvalue weighted by molar-refractivity contribution is 5.29. The molecule has 0 radical (unpaired) electrons. The lowest BCUT2D eigenvalue weighted by Crippen LogP contribution is -1.95. The molecule has 0 saturated heterocycles. The molecular weight excluding hydrogens is 122 g/mol. The molecule has 0 aromatic heterocycles. The lowest BCUT2D eigenvalue weighted by Gasteiger charge is -1.96. The molecule has 0 heterocycles. The Hall–Kier alpha value is -0.980. The van der Waals surface area contributed by atoms with Crippen molar-refractivity contribution in [3.63, 3.8) is 0 Å². The quantitative estimate of drug-likeness (QED) is 0.581. The maximum atomic E-state index is 5.58. The predicted molar refractivity (Wildman–Crippen MR) is 46.5 cm³/mol. The number of hydrogen-bond donors (Lipinski definition) is 1. The first-order valence-electron chi connectivity index (χ1n) is 3.31. The van der Waals surface area contributed by atoms with Crippen LogP contribution in [0.15, 0.2) is 35.6 Å². The molecule has 0 spiro atoms. The van der Waals surface area contributed by atoms with E-state index in [9.17, 15) is 0 Å². The Morgan fingerprint density at radius 1 is 1.30 bits per heavy atom. The van der Waals surface area contributed by atoms with Gasteiger partial charge in [0.25, 0.3) is 0 Å². The van der Waals surface area contributed by atoms with Crippen molar-refractivity contribution in [1.82, 2.24) is 0 Å². The molecule has 0 rings (SSSR count). The molecule has 0 amide bonds. The number of nitrogens with two attached hydrogens (primary N) is 1. The van der Waals surface area contributed by atoms with E-state index >= 15 is 0 Å². The third-order valence-electron chi connectivity index (χ3n) is 1.18. The zero-order valence-electron chi connectivity index (χ0n) is 6.94. The average molecular weight is 137 g/mol. The number of allylic oxidation sites excluding steroid dienone is 4. The summed E-state index contributed by atoms with van der Waals surface area (Å²) in [4.78, 5) is 0.